The summed E-state index contributed by atoms with van der Waals surface area (Å²) >= 11 is 0. The summed E-state index contributed by atoms with van der Waals surface area (Å²) in [6.45, 7) is 3.60. The van der Waals surface area contributed by atoms with Gasteiger partial charge >= 0.3 is 0 Å². The van der Waals surface area contributed by atoms with E-state index in [1.165, 1.54) is 55.6 Å². The van der Waals surface area contributed by atoms with Crippen molar-refractivity contribution in [2.75, 3.05) is 27.2 Å². The summed E-state index contributed by atoms with van der Waals surface area (Å²) in [7, 11) is -0.278. The zero-order valence-electron chi connectivity index (χ0n) is 18.3. The maximum absolute atomic E-state index is 12.0. The highest BCUT2D eigenvalue weighted by atomic mass is 32.2. The van der Waals surface area contributed by atoms with Crippen molar-refractivity contribution in [1.82, 2.24) is 15.5 Å². The van der Waals surface area contributed by atoms with E-state index in [0.29, 0.717) is 12.5 Å². The van der Waals surface area contributed by atoms with Gasteiger partial charge in [0.25, 0.3) is 0 Å². The van der Waals surface area contributed by atoms with Gasteiger partial charge in [-0.2, -0.15) is 0 Å². The number of amides is 1. The molecule has 0 unspecified atom stereocenters. The molecule has 168 valence electrons. The molecule has 0 heterocycles. The molecule has 0 aliphatic heterocycles. The number of nitrogens with one attached hydrogen (secondary N) is 2. The smallest absolute Gasteiger partial charge is 0.241 e. The quantitative estimate of drug-likeness (QED) is 0.342. The number of likely N-dealkylation sites (N-methyl/N-ethyl adjacent to an activating group) is 1. The first kappa shape index (κ1) is 24.1. The number of nitrogens with two attached hydrogens (primary N) is 1. The van der Waals surface area contributed by atoms with Crippen LogP contribution in [0.5, 0.6) is 0 Å². The van der Waals surface area contributed by atoms with E-state index in [1.807, 2.05) is 0 Å². The van der Waals surface area contributed by atoms with E-state index in [4.69, 9.17) is 5.14 Å². The molecule has 4 N–H and O–H groups in total. The zero-order valence-corrected chi connectivity index (χ0v) is 19.1. The van der Waals surface area contributed by atoms with Crippen molar-refractivity contribution in [2.24, 2.45) is 15.5 Å². The molecular formula is C21H35N5O3S. The van der Waals surface area contributed by atoms with Gasteiger partial charge in [0.15, 0.2) is 5.96 Å². The summed E-state index contributed by atoms with van der Waals surface area (Å²) in [4.78, 5) is 18.2. The molecule has 0 bridgehead atoms. The first-order valence-electron chi connectivity index (χ1n) is 10.4. The standard InChI is InChI=1S/C21H35N5O3S/c1-21(12-6-4-5-7-13-21)16-25-20(24-15-19(27)26(2)3)23-14-17-8-10-18(11-9-17)30(22,28)29/h8-11H,4-7,12-16H2,1-3H3,(H2,22,28,29)(H2,23,24,25). The van der Waals surface area contributed by atoms with Crippen LogP contribution in [0.25, 0.3) is 0 Å². The molecule has 2 rings (SSSR count). The Morgan fingerprint density at radius 3 is 2.23 bits per heavy atom. The number of sulfonamides is 1. The maximum Gasteiger partial charge on any atom is 0.241 e. The van der Waals surface area contributed by atoms with E-state index >= 15 is 0 Å². The minimum absolute atomic E-state index is 0.0392. The molecule has 0 spiro atoms. The van der Waals surface area contributed by atoms with Crippen LogP contribution in [0.1, 0.15) is 51.0 Å². The number of aliphatic imine (C=N–C) groups is 1. The largest absolute Gasteiger partial charge is 0.356 e. The van der Waals surface area contributed by atoms with E-state index in [2.05, 4.69) is 22.5 Å². The van der Waals surface area contributed by atoms with Crippen LogP contribution >= 0.6 is 0 Å². The minimum Gasteiger partial charge on any atom is -0.356 e. The minimum atomic E-state index is -3.71. The Balaban J connectivity index is 2.06. The van der Waals surface area contributed by atoms with Gasteiger partial charge in [0.05, 0.1) is 18.0 Å². The molecule has 30 heavy (non-hydrogen) atoms. The number of benzene rings is 1. The van der Waals surface area contributed by atoms with Gasteiger partial charge in [0, 0.05) is 20.6 Å². The van der Waals surface area contributed by atoms with Crippen molar-refractivity contribution < 1.29 is 13.2 Å². The Kier molecular flexibility index (Phi) is 8.66. The van der Waals surface area contributed by atoms with Crippen LogP contribution < -0.4 is 15.8 Å². The predicted molar refractivity (Wildman–Crippen MR) is 119 cm³/mol. The van der Waals surface area contributed by atoms with Gasteiger partial charge in [-0.1, -0.05) is 44.7 Å². The molecule has 1 fully saturated rings. The molecule has 1 aliphatic carbocycles. The van der Waals surface area contributed by atoms with E-state index in [0.717, 1.165) is 12.1 Å². The second-order valence-electron chi connectivity index (χ2n) is 8.57. The van der Waals surface area contributed by atoms with Gasteiger partial charge in [-0.25, -0.2) is 18.5 Å². The van der Waals surface area contributed by atoms with Crippen molar-refractivity contribution in [1.29, 1.82) is 0 Å². The van der Waals surface area contributed by atoms with Crippen LogP contribution in [0.4, 0.5) is 0 Å². The summed E-state index contributed by atoms with van der Waals surface area (Å²) < 4.78 is 22.8. The molecule has 9 heteroatoms. The molecule has 1 aromatic carbocycles. The lowest BCUT2D eigenvalue weighted by Crippen LogP contribution is -2.46. The fourth-order valence-electron chi connectivity index (χ4n) is 3.50. The third-order valence-electron chi connectivity index (χ3n) is 5.57. The van der Waals surface area contributed by atoms with Crippen LogP contribution in [0.15, 0.2) is 34.2 Å². The zero-order chi connectivity index (χ0) is 22.2. The van der Waals surface area contributed by atoms with Gasteiger partial charge in [-0.05, 0) is 36.0 Å². The average Bonchev–Trinajstić information content (AvgIpc) is 2.91. The molecule has 8 nitrogen and oxygen atoms in total. The second kappa shape index (κ2) is 10.8. The lowest BCUT2D eigenvalue weighted by atomic mass is 9.82. The van der Waals surface area contributed by atoms with Crippen LogP contribution in [0.3, 0.4) is 0 Å². The molecule has 0 aromatic heterocycles. The van der Waals surface area contributed by atoms with Crippen molar-refractivity contribution in [2.45, 2.75) is 56.9 Å². The number of rotatable bonds is 7. The lowest BCUT2D eigenvalue weighted by Gasteiger charge is -2.29. The number of primary sulfonamides is 1. The monoisotopic (exact) mass is 437 g/mol. The Labute approximate surface area is 180 Å². The van der Waals surface area contributed by atoms with Gasteiger partial charge in [-0.15, -0.1) is 0 Å². The molecule has 0 saturated heterocycles. The van der Waals surface area contributed by atoms with Crippen LogP contribution in [-0.4, -0.2) is 52.4 Å². The Bertz CT molecular complexity index is 827. The van der Waals surface area contributed by atoms with Crippen molar-refractivity contribution in [3.05, 3.63) is 29.8 Å². The van der Waals surface area contributed by atoms with Gasteiger partial charge in [0.1, 0.15) is 0 Å². The molecule has 1 aromatic rings. The second-order valence-corrected chi connectivity index (χ2v) is 10.1. The average molecular weight is 438 g/mol. The summed E-state index contributed by atoms with van der Waals surface area (Å²) in [5.74, 6) is 0.536. The summed E-state index contributed by atoms with van der Waals surface area (Å²) in [5, 5.41) is 11.7. The van der Waals surface area contributed by atoms with E-state index < -0.39 is 10.0 Å². The normalized spacial score (nSPS) is 17.1. The highest BCUT2D eigenvalue weighted by molar-refractivity contribution is 7.89. The third kappa shape index (κ3) is 7.95. The first-order valence-corrected chi connectivity index (χ1v) is 12.0. The SMILES string of the molecule is CN(C)C(=O)CNC(=NCc1ccc(S(N)(=O)=O)cc1)NCC1(C)CCCCCC1. The summed E-state index contributed by atoms with van der Waals surface area (Å²) in [6, 6.07) is 6.34. The Hall–Kier alpha value is -2.13. The van der Waals surface area contributed by atoms with Crippen LogP contribution in [-0.2, 0) is 21.4 Å². The number of carbonyl (C=O) groups excluding carboxylic acids is 1. The molecule has 0 atom stereocenters. The number of hydrogen-bond donors (Lipinski definition) is 3. The van der Waals surface area contributed by atoms with Crippen molar-refractivity contribution >= 4 is 21.9 Å². The Morgan fingerprint density at radius 2 is 1.70 bits per heavy atom. The highest BCUT2D eigenvalue weighted by Crippen LogP contribution is 2.33. The maximum atomic E-state index is 12.0. The first-order chi connectivity index (χ1) is 14.1. The number of nitrogens with zero attached hydrogens (tertiary/aromatic N) is 2. The van der Waals surface area contributed by atoms with Crippen LogP contribution in [0.2, 0.25) is 0 Å². The molecule has 1 saturated carbocycles. The number of carbonyl (C=O) groups is 1. The Morgan fingerprint density at radius 1 is 1.10 bits per heavy atom. The number of guanidine groups is 1. The fraction of sp³-hybridized carbons (Fsp3) is 0.619. The topological polar surface area (TPSA) is 117 Å². The van der Waals surface area contributed by atoms with E-state index in [-0.39, 0.29) is 22.8 Å². The van der Waals surface area contributed by atoms with Gasteiger partial charge in [0.2, 0.25) is 15.9 Å². The summed E-state index contributed by atoms with van der Waals surface area (Å²) in [5.41, 5.74) is 1.06. The molecule has 1 aliphatic rings. The van der Waals surface area contributed by atoms with Crippen LogP contribution in [0, 0.1) is 5.41 Å². The van der Waals surface area contributed by atoms with Gasteiger partial charge in [-0.3, -0.25) is 4.79 Å². The van der Waals surface area contributed by atoms with Gasteiger partial charge < -0.3 is 15.5 Å². The molecule has 0 radical (unpaired) electrons. The molecule has 1 amide bonds. The van der Waals surface area contributed by atoms with E-state index in [1.54, 1.807) is 26.2 Å². The predicted octanol–water partition coefficient (Wildman–Crippen LogP) is 1.82. The molecular weight excluding hydrogens is 402 g/mol. The lowest BCUT2D eigenvalue weighted by molar-refractivity contribution is -0.127. The summed E-state index contributed by atoms with van der Waals surface area (Å²) in [6.07, 6.45) is 7.43. The highest BCUT2D eigenvalue weighted by Gasteiger charge is 2.25. The fourth-order valence-corrected chi connectivity index (χ4v) is 4.02. The van der Waals surface area contributed by atoms with Crippen molar-refractivity contribution in [3.8, 4) is 0 Å². The number of hydrogen-bond acceptors (Lipinski definition) is 4. The third-order valence-corrected chi connectivity index (χ3v) is 6.50. The van der Waals surface area contributed by atoms with Crippen molar-refractivity contribution in [3.63, 3.8) is 0 Å². The van der Waals surface area contributed by atoms with E-state index in [9.17, 15) is 13.2 Å².